The van der Waals surface area contributed by atoms with Gasteiger partial charge in [-0.15, -0.1) is 11.8 Å². The molecule has 0 spiro atoms. The van der Waals surface area contributed by atoms with Crippen molar-refractivity contribution in [3.63, 3.8) is 0 Å². The molecule has 0 unspecified atom stereocenters. The summed E-state index contributed by atoms with van der Waals surface area (Å²) >= 11 is 5.26. The number of benzene rings is 1. The van der Waals surface area contributed by atoms with Crippen molar-refractivity contribution in [2.45, 2.75) is 4.90 Å². The molecule has 0 saturated carbocycles. The van der Waals surface area contributed by atoms with Crippen LogP contribution >= 0.6 is 27.7 Å². The number of hydrogen-bond acceptors (Lipinski definition) is 2. The first-order chi connectivity index (χ1) is 6.72. The van der Waals surface area contributed by atoms with Gasteiger partial charge < -0.3 is 5.32 Å². The summed E-state index contributed by atoms with van der Waals surface area (Å²) in [5.74, 6) is 0.970. The van der Waals surface area contributed by atoms with Gasteiger partial charge in [-0.25, -0.2) is 0 Å². The van der Waals surface area contributed by atoms with Gasteiger partial charge in [-0.05, 0) is 25.2 Å². The molecule has 76 valence electrons. The first kappa shape index (κ1) is 11.8. The third-order valence-electron chi connectivity index (χ3n) is 1.67. The van der Waals surface area contributed by atoms with Crippen LogP contribution in [0.5, 0.6) is 0 Å². The molecule has 0 fully saturated rings. The van der Waals surface area contributed by atoms with Gasteiger partial charge in [-0.1, -0.05) is 34.1 Å². The summed E-state index contributed by atoms with van der Waals surface area (Å²) in [6, 6.07) is 8.32. The van der Waals surface area contributed by atoms with Crippen molar-refractivity contribution < 1.29 is 0 Å². The fourth-order valence-electron chi connectivity index (χ4n) is 1.04. The summed E-state index contributed by atoms with van der Waals surface area (Å²) < 4.78 is 1.13. The Kier molecular flexibility index (Phi) is 5.30. The lowest BCUT2D eigenvalue weighted by Crippen LogP contribution is -2.10. The first-order valence-electron chi connectivity index (χ1n) is 4.42. The monoisotopic (exact) mass is 271 g/mol. The van der Waals surface area contributed by atoms with Crippen LogP contribution < -0.4 is 5.32 Å². The van der Waals surface area contributed by atoms with Crippen molar-refractivity contribution in [3.05, 3.63) is 40.9 Å². The molecule has 0 saturated heterocycles. The maximum absolute atomic E-state index is 3.99. The van der Waals surface area contributed by atoms with Crippen LogP contribution in [0.1, 0.15) is 0 Å². The van der Waals surface area contributed by atoms with Gasteiger partial charge >= 0.3 is 0 Å². The van der Waals surface area contributed by atoms with Gasteiger partial charge in [-0.3, -0.25) is 0 Å². The fourth-order valence-corrected chi connectivity index (χ4v) is 2.45. The molecule has 3 heteroatoms. The maximum Gasteiger partial charge on any atom is 0.0200 e. The molecule has 1 aromatic rings. The molecule has 0 bridgehead atoms. The topological polar surface area (TPSA) is 12.0 Å². The number of halogens is 1. The summed E-state index contributed by atoms with van der Waals surface area (Å²) in [4.78, 5) is 1.27. The molecule has 1 rings (SSSR count). The van der Waals surface area contributed by atoms with E-state index in [1.807, 2.05) is 30.9 Å². The van der Waals surface area contributed by atoms with E-state index < -0.39 is 0 Å². The van der Waals surface area contributed by atoms with Crippen LogP contribution in [0.4, 0.5) is 0 Å². The Hall–Kier alpha value is -0.250. The maximum atomic E-state index is 3.99. The van der Waals surface area contributed by atoms with Crippen LogP contribution in [0.3, 0.4) is 0 Å². The van der Waals surface area contributed by atoms with E-state index in [9.17, 15) is 0 Å². The highest BCUT2D eigenvalue weighted by Gasteiger charge is 1.97. The van der Waals surface area contributed by atoms with Crippen LogP contribution in [0, 0.1) is 0 Å². The predicted molar refractivity (Wildman–Crippen MR) is 67.9 cm³/mol. The van der Waals surface area contributed by atoms with E-state index in [4.69, 9.17) is 0 Å². The van der Waals surface area contributed by atoms with E-state index in [1.165, 1.54) is 10.5 Å². The number of hydrogen-bond donors (Lipinski definition) is 1. The fraction of sp³-hybridized carbons (Fsp3) is 0.273. The van der Waals surface area contributed by atoms with E-state index in [0.717, 1.165) is 16.8 Å². The average molecular weight is 272 g/mol. The second-order valence-corrected chi connectivity index (χ2v) is 4.99. The Bertz CT molecular complexity index is 312. The lowest BCUT2D eigenvalue weighted by molar-refractivity contribution is 0.885. The molecule has 1 aromatic carbocycles. The largest absolute Gasteiger partial charge is 0.316 e. The zero-order chi connectivity index (χ0) is 10.4. The molecule has 1 N–H and O–H groups in total. The zero-order valence-corrected chi connectivity index (χ0v) is 10.6. The summed E-state index contributed by atoms with van der Waals surface area (Å²) in [6.07, 6.45) is 0. The third kappa shape index (κ3) is 4.31. The zero-order valence-electron chi connectivity index (χ0n) is 8.22. The van der Waals surface area contributed by atoms with E-state index in [2.05, 4.69) is 40.0 Å². The molecule has 1 nitrogen and oxygen atoms in total. The second kappa shape index (κ2) is 6.27. The highest BCUT2D eigenvalue weighted by Crippen LogP contribution is 2.23. The third-order valence-corrected chi connectivity index (χ3v) is 3.30. The van der Waals surface area contributed by atoms with Crippen molar-refractivity contribution in [1.82, 2.24) is 5.32 Å². The van der Waals surface area contributed by atoms with Crippen LogP contribution in [0.2, 0.25) is 0 Å². The van der Waals surface area contributed by atoms with Crippen molar-refractivity contribution in [2.75, 3.05) is 19.3 Å². The number of thioether (sulfide) groups is 1. The SMILES string of the molecule is C=C(CNC)CSc1cccc(Br)c1. The summed E-state index contributed by atoms with van der Waals surface area (Å²) in [7, 11) is 1.94. The molecule has 0 aliphatic heterocycles. The molecule has 0 aromatic heterocycles. The molecule has 0 aliphatic rings. The molecule has 0 atom stereocenters. The molecule has 0 radical (unpaired) electrons. The number of nitrogens with one attached hydrogen (secondary N) is 1. The standard InChI is InChI=1S/C11H14BrNS/c1-9(7-13-2)8-14-11-5-3-4-10(12)6-11/h3-6,13H,1,7-8H2,2H3. The van der Waals surface area contributed by atoms with Crippen molar-refractivity contribution in [3.8, 4) is 0 Å². The molecule has 14 heavy (non-hydrogen) atoms. The van der Waals surface area contributed by atoms with Crippen molar-refractivity contribution in [2.24, 2.45) is 0 Å². The highest BCUT2D eigenvalue weighted by molar-refractivity contribution is 9.10. The van der Waals surface area contributed by atoms with Gasteiger partial charge in [0.1, 0.15) is 0 Å². The van der Waals surface area contributed by atoms with Crippen LogP contribution in [0.15, 0.2) is 45.8 Å². The summed E-state index contributed by atoms with van der Waals surface area (Å²) in [6.45, 7) is 4.88. The number of likely N-dealkylation sites (N-methyl/N-ethyl adjacent to an activating group) is 1. The van der Waals surface area contributed by atoms with Gasteiger partial charge in [-0.2, -0.15) is 0 Å². The Labute approximate surface area is 98.1 Å². The molecule has 0 heterocycles. The van der Waals surface area contributed by atoms with Gasteiger partial charge in [0.05, 0.1) is 0 Å². The van der Waals surface area contributed by atoms with Crippen molar-refractivity contribution >= 4 is 27.7 Å². The lowest BCUT2D eigenvalue weighted by Gasteiger charge is -2.04. The van der Waals surface area contributed by atoms with Gasteiger partial charge in [0, 0.05) is 21.7 Å². The highest BCUT2D eigenvalue weighted by atomic mass is 79.9. The minimum atomic E-state index is 0.890. The van der Waals surface area contributed by atoms with Crippen LogP contribution in [0.25, 0.3) is 0 Å². The Morgan fingerprint density at radius 1 is 1.57 bits per heavy atom. The Morgan fingerprint density at radius 3 is 3.00 bits per heavy atom. The van der Waals surface area contributed by atoms with E-state index in [0.29, 0.717) is 0 Å². The lowest BCUT2D eigenvalue weighted by atomic mass is 10.3. The van der Waals surface area contributed by atoms with E-state index in [1.54, 1.807) is 0 Å². The van der Waals surface area contributed by atoms with Gasteiger partial charge in [0.25, 0.3) is 0 Å². The van der Waals surface area contributed by atoms with Gasteiger partial charge in [0.2, 0.25) is 0 Å². The van der Waals surface area contributed by atoms with Gasteiger partial charge in [0.15, 0.2) is 0 Å². The van der Waals surface area contributed by atoms with Crippen molar-refractivity contribution in [1.29, 1.82) is 0 Å². The minimum Gasteiger partial charge on any atom is -0.316 e. The quantitative estimate of drug-likeness (QED) is 0.652. The smallest absolute Gasteiger partial charge is 0.0200 e. The van der Waals surface area contributed by atoms with Crippen LogP contribution in [-0.4, -0.2) is 19.3 Å². The normalized spacial score (nSPS) is 10.1. The van der Waals surface area contributed by atoms with E-state index in [-0.39, 0.29) is 0 Å². The molecule has 0 aliphatic carbocycles. The average Bonchev–Trinajstić information content (AvgIpc) is 2.15. The predicted octanol–water partition coefficient (Wildman–Crippen LogP) is 3.32. The summed E-state index contributed by atoms with van der Waals surface area (Å²) in [5.41, 5.74) is 1.22. The second-order valence-electron chi connectivity index (χ2n) is 3.03. The Balaban J connectivity index is 2.41. The Morgan fingerprint density at radius 2 is 2.36 bits per heavy atom. The van der Waals surface area contributed by atoms with Crippen LogP contribution in [-0.2, 0) is 0 Å². The molecular formula is C11H14BrNS. The minimum absolute atomic E-state index is 0.890. The van der Waals surface area contributed by atoms with E-state index >= 15 is 0 Å². The molecular weight excluding hydrogens is 258 g/mol. The first-order valence-corrected chi connectivity index (χ1v) is 6.20. The summed E-state index contributed by atoms with van der Waals surface area (Å²) in [5, 5.41) is 3.09. The number of rotatable bonds is 5. The molecule has 0 amide bonds.